The van der Waals surface area contributed by atoms with Gasteiger partial charge in [-0.05, 0) is 36.5 Å². The van der Waals surface area contributed by atoms with Crippen LogP contribution < -0.4 is 4.74 Å². The van der Waals surface area contributed by atoms with Gasteiger partial charge in [-0.1, -0.05) is 24.3 Å². The number of ether oxygens (including phenoxy) is 2. The molecule has 0 spiro atoms. The Labute approximate surface area is 212 Å². The number of hydrogen-bond acceptors (Lipinski definition) is 7. The van der Waals surface area contributed by atoms with Crippen LogP contribution in [0.4, 0.5) is 0 Å². The number of aliphatic hydroxyl groups is 1. The van der Waals surface area contributed by atoms with Gasteiger partial charge >= 0.3 is 0 Å². The van der Waals surface area contributed by atoms with Crippen LogP contribution in [0.1, 0.15) is 40.0 Å². The number of piperidine rings is 1. The zero-order chi connectivity index (χ0) is 24.5. The third-order valence-electron chi connectivity index (χ3n) is 8.10. The quantitative estimate of drug-likeness (QED) is 0.631. The highest BCUT2D eigenvalue weighted by molar-refractivity contribution is 5.96. The highest BCUT2D eigenvalue weighted by atomic mass is 16.5. The summed E-state index contributed by atoms with van der Waals surface area (Å²) in [6, 6.07) is 12.8. The molecule has 1 amide bonds. The van der Waals surface area contributed by atoms with E-state index in [-0.39, 0.29) is 12.0 Å². The molecule has 36 heavy (non-hydrogen) atoms. The van der Waals surface area contributed by atoms with Crippen LogP contribution in [0.25, 0.3) is 0 Å². The predicted octanol–water partition coefficient (Wildman–Crippen LogP) is 1.74. The average molecular weight is 493 g/mol. The van der Waals surface area contributed by atoms with E-state index in [0.29, 0.717) is 43.5 Å². The van der Waals surface area contributed by atoms with Gasteiger partial charge in [-0.2, -0.15) is 0 Å². The Kier molecular flexibility index (Phi) is 6.93. The molecule has 2 saturated heterocycles. The Bertz CT molecular complexity index is 1080. The fourth-order valence-corrected chi connectivity index (χ4v) is 5.90. The first-order valence-electron chi connectivity index (χ1n) is 13.4. The second kappa shape index (κ2) is 10.5. The summed E-state index contributed by atoms with van der Waals surface area (Å²) in [4.78, 5) is 24.4. The van der Waals surface area contributed by atoms with Crippen molar-refractivity contribution in [3.05, 3.63) is 58.8 Å². The van der Waals surface area contributed by atoms with E-state index in [1.54, 1.807) is 4.90 Å². The molecule has 0 saturated carbocycles. The highest BCUT2D eigenvalue weighted by Gasteiger charge is 2.31. The van der Waals surface area contributed by atoms with Crippen molar-refractivity contribution in [1.29, 1.82) is 0 Å². The summed E-state index contributed by atoms with van der Waals surface area (Å²) in [5.41, 5.74) is 4.17. The standard InChI is InChI=1S/C28H36N4O4/c33-23(16-30-11-7-20-3-1-2-4-21(20)15-30)17-32-14-10-26-25(28(32)34)5-6-27(29-26)36-24-8-12-31(13-9-24)22-18-35-19-22/h1-6,22-24,33H,7-19H2. The Morgan fingerprint density at radius 2 is 1.81 bits per heavy atom. The summed E-state index contributed by atoms with van der Waals surface area (Å²) in [5, 5.41) is 10.8. The first-order valence-corrected chi connectivity index (χ1v) is 13.4. The lowest BCUT2D eigenvalue weighted by atomic mass is 9.99. The maximum atomic E-state index is 13.1. The monoisotopic (exact) mass is 492 g/mol. The number of amides is 1. The van der Waals surface area contributed by atoms with Crippen molar-refractivity contribution < 1.29 is 19.4 Å². The van der Waals surface area contributed by atoms with Crippen molar-refractivity contribution in [2.24, 2.45) is 0 Å². The van der Waals surface area contributed by atoms with Crippen LogP contribution >= 0.6 is 0 Å². The normalized spacial score (nSPS) is 22.6. The molecule has 192 valence electrons. The van der Waals surface area contributed by atoms with Crippen LogP contribution in [0.2, 0.25) is 0 Å². The van der Waals surface area contributed by atoms with E-state index in [0.717, 1.165) is 64.3 Å². The van der Waals surface area contributed by atoms with Crippen molar-refractivity contribution in [2.45, 2.75) is 50.5 Å². The fraction of sp³-hybridized carbons (Fsp3) is 0.571. The maximum absolute atomic E-state index is 13.1. The molecule has 8 heteroatoms. The molecular weight excluding hydrogens is 456 g/mol. The Morgan fingerprint density at radius 1 is 1.00 bits per heavy atom. The number of aliphatic hydroxyl groups excluding tert-OH is 1. The minimum Gasteiger partial charge on any atom is -0.474 e. The lowest BCUT2D eigenvalue weighted by molar-refractivity contribution is -0.0780. The number of hydrogen-bond donors (Lipinski definition) is 1. The smallest absolute Gasteiger partial charge is 0.255 e. The van der Waals surface area contributed by atoms with Gasteiger partial charge in [-0.25, -0.2) is 4.98 Å². The summed E-state index contributed by atoms with van der Waals surface area (Å²) < 4.78 is 11.5. The van der Waals surface area contributed by atoms with E-state index in [1.165, 1.54) is 11.1 Å². The van der Waals surface area contributed by atoms with E-state index in [1.807, 2.05) is 12.1 Å². The number of β-amino-alcohol motifs (C(OH)–C–C–N with tert-alkyl or cyclic N) is 1. The number of pyridine rings is 1. The van der Waals surface area contributed by atoms with Gasteiger partial charge in [-0.3, -0.25) is 14.6 Å². The molecule has 1 aromatic heterocycles. The van der Waals surface area contributed by atoms with Crippen molar-refractivity contribution in [2.75, 3.05) is 52.5 Å². The first kappa shape index (κ1) is 23.9. The lowest BCUT2D eigenvalue weighted by Gasteiger charge is -2.41. The summed E-state index contributed by atoms with van der Waals surface area (Å²) in [5.74, 6) is 0.570. The van der Waals surface area contributed by atoms with E-state index in [4.69, 9.17) is 14.5 Å². The number of carbonyl (C=O) groups is 1. The second-order valence-electron chi connectivity index (χ2n) is 10.6. The number of aromatic nitrogens is 1. The van der Waals surface area contributed by atoms with Gasteiger partial charge in [0.15, 0.2) is 0 Å². The molecule has 1 unspecified atom stereocenters. The first-order chi connectivity index (χ1) is 17.6. The van der Waals surface area contributed by atoms with Crippen LogP contribution in [0.3, 0.4) is 0 Å². The SMILES string of the molecule is O=C1c2ccc(OC3CCN(C4COC4)CC3)nc2CCN1CC(O)CN1CCc2ccccc2C1. The Morgan fingerprint density at radius 3 is 2.58 bits per heavy atom. The van der Waals surface area contributed by atoms with E-state index < -0.39 is 6.10 Å². The van der Waals surface area contributed by atoms with Crippen LogP contribution in [0.15, 0.2) is 36.4 Å². The minimum absolute atomic E-state index is 0.0469. The van der Waals surface area contributed by atoms with E-state index in [2.05, 4.69) is 34.1 Å². The molecule has 0 radical (unpaired) electrons. The predicted molar refractivity (Wildman–Crippen MR) is 135 cm³/mol. The molecule has 1 N–H and O–H groups in total. The minimum atomic E-state index is -0.575. The van der Waals surface area contributed by atoms with Gasteiger partial charge in [0.2, 0.25) is 5.88 Å². The highest BCUT2D eigenvalue weighted by Crippen LogP contribution is 2.25. The van der Waals surface area contributed by atoms with Crippen molar-refractivity contribution in [1.82, 2.24) is 19.7 Å². The Hall–Kier alpha value is -2.52. The van der Waals surface area contributed by atoms with Gasteiger partial charge in [0.25, 0.3) is 5.91 Å². The summed E-state index contributed by atoms with van der Waals surface area (Å²) in [6.45, 7) is 7.05. The van der Waals surface area contributed by atoms with Gasteiger partial charge in [0, 0.05) is 58.3 Å². The number of benzene rings is 1. The molecule has 1 atom stereocenters. The van der Waals surface area contributed by atoms with Gasteiger partial charge in [0.1, 0.15) is 6.10 Å². The number of carbonyl (C=O) groups excluding carboxylic acids is 1. The van der Waals surface area contributed by atoms with Crippen molar-refractivity contribution >= 4 is 5.91 Å². The number of rotatable bonds is 7. The van der Waals surface area contributed by atoms with Crippen LogP contribution in [0.5, 0.6) is 5.88 Å². The number of nitrogens with zero attached hydrogens (tertiary/aromatic N) is 4. The van der Waals surface area contributed by atoms with Crippen LogP contribution in [-0.2, 0) is 24.1 Å². The number of fused-ring (bicyclic) bond motifs is 2. The Balaban J connectivity index is 1.01. The zero-order valence-corrected chi connectivity index (χ0v) is 20.8. The molecular formula is C28H36N4O4. The lowest BCUT2D eigenvalue weighted by Crippen LogP contribution is -2.52. The third-order valence-corrected chi connectivity index (χ3v) is 8.10. The fourth-order valence-electron chi connectivity index (χ4n) is 5.90. The second-order valence-corrected chi connectivity index (χ2v) is 10.6. The van der Waals surface area contributed by atoms with Crippen molar-refractivity contribution in [3.63, 3.8) is 0 Å². The van der Waals surface area contributed by atoms with E-state index >= 15 is 0 Å². The molecule has 5 heterocycles. The maximum Gasteiger partial charge on any atom is 0.255 e. The van der Waals surface area contributed by atoms with Gasteiger partial charge in [-0.15, -0.1) is 0 Å². The number of likely N-dealkylation sites (tertiary alicyclic amines) is 1. The molecule has 0 aliphatic carbocycles. The molecule has 8 nitrogen and oxygen atoms in total. The van der Waals surface area contributed by atoms with Gasteiger partial charge < -0.3 is 19.5 Å². The van der Waals surface area contributed by atoms with Crippen molar-refractivity contribution in [3.8, 4) is 5.88 Å². The molecule has 2 fully saturated rings. The molecule has 4 aliphatic heterocycles. The summed E-state index contributed by atoms with van der Waals surface area (Å²) in [6.07, 6.45) is 3.26. The zero-order valence-electron chi connectivity index (χ0n) is 20.8. The molecule has 6 rings (SSSR count). The topological polar surface area (TPSA) is 78.4 Å². The van der Waals surface area contributed by atoms with Crippen LogP contribution in [-0.4, -0.2) is 101 Å². The average Bonchev–Trinajstić information content (AvgIpc) is 2.86. The van der Waals surface area contributed by atoms with E-state index in [9.17, 15) is 9.90 Å². The molecule has 1 aromatic carbocycles. The summed E-state index contributed by atoms with van der Waals surface area (Å²) >= 11 is 0. The molecule has 4 aliphatic rings. The largest absolute Gasteiger partial charge is 0.474 e. The third kappa shape index (κ3) is 5.13. The van der Waals surface area contributed by atoms with Gasteiger partial charge in [0.05, 0.1) is 36.6 Å². The summed E-state index contributed by atoms with van der Waals surface area (Å²) in [7, 11) is 0. The molecule has 0 bridgehead atoms. The van der Waals surface area contributed by atoms with Crippen LogP contribution in [0, 0.1) is 0 Å². The molecule has 2 aromatic rings.